The monoisotopic (exact) mass is 328 g/mol. The lowest BCUT2D eigenvalue weighted by Gasteiger charge is -2.13. The Bertz CT molecular complexity index is 770. The Morgan fingerprint density at radius 3 is 2.17 bits per heavy atom. The first-order valence-corrected chi connectivity index (χ1v) is 7.83. The van der Waals surface area contributed by atoms with E-state index in [-0.39, 0.29) is 5.78 Å². The summed E-state index contributed by atoms with van der Waals surface area (Å²) in [6.07, 6.45) is 1.84. The van der Waals surface area contributed by atoms with Crippen molar-refractivity contribution in [1.82, 2.24) is 0 Å². The van der Waals surface area contributed by atoms with Crippen LogP contribution in [-0.4, -0.2) is 27.1 Å². The molecule has 3 rings (SSSR count). The number of benzene rings is 2. The van der Waals surface area contributed by atoms with Crippen LogP contribution in [0.3, 0.4) is 0 Å². The number of ketones is 1. The van der Waals surface area contributed by atoms with Crippen LogP contribution in [0.4, 0.5) is 0 Å². The van der Waals surface area contributed by atoms with Gasteiger partial charge < -0.3 is 14.2 Å². The molecule has 0 aliphatic carbocycles. The molecular formula is C18H16O4S. The van der Waals surface area contributed by atoms with Crippen molar-refractivity contribution >= 4 is 23.6 Å². The molecule has 2 aromatic rings. The van der Waals surface area contributed by atoms with E-state index in [2.05, 4.69) is 0 Å². The fourth-order valence-corrected chi connectivity index (χ4v) is 3.52. The van der Waals surface area contributed by atoms with Crippen LogP contribution in [0.1, 0.15) is 15.9 Å². The number of hydrogen-bond acceptors (Lipinski definition) is 5. The lowest BCUT2D eigenvalue weighted by molar-refractivity contribution is 0.104. The minimum atomic E-state index is 0.0411. The van der Waals surface area contributed by atoms with Gasteiger partial charge in [-0.3, -0.25) is 4.79 Å². The zero-order chi connectivity index (χ0) is 16.4. The lowest BCUT2D eigenvalue weighted by atomic mass is 10.1. The van der Waals surface area contributed by atoms with E-state index in [9.17, 15) is 4.79 Å². The van der Waals surface area contributed by atoms with Gasteiger partial charge in [0.05, 0.1) is 26.2 Å². The summed E-state index contributed by atoms with van der Waals surface area (Å²) in [6, 6.07) is 11.3. The third kappa shape index (κ3) is 2.80. The number of thioether (sulfide) groups is 1. The molecule has 5 heteroatoms. The highest BCUT2D eigenvalue weighted by Crippen LogP contribution is 2.43. The van der Waals surface area contributed by atoms with Crippen LogP contribution in [-0.2, 0) is 0 Å². The third-order valence-electron chi connectivity index (χ3n) is 3.56. The zero-order valence-electron chi connectivity index (χ0n) is 13.1. The van der Waals surface area contributed by atoms with Crippen molar-refractivity contribution in [3.8, 4) is 17.2 Å². The summed E-state index contributed by atoms with van der Waals surface area (Å²) in [5.74, 6) is 1.70. The summed E-state index contributed by atoms with van der Waals surface area (Å²) in [5, 5.41) is 0. The van der Waals surface area contributed by atoms with Gasteiger partial charge in [-0.2, -0.15) is 0 Å². The molecule has 1 aliphatic heterocycles. The van der Waals surface area contributed by atoms with Crippen molar-refractivity contribution in [3.63, 3.8) is 0 Å². The predicted octanol–water partition coefficient (Wildman–Crippen LogP) is 4.04. The van der Waals surface area contributed by atoms with Crippen molar-refractivity contribution in [2.75, 3.05) is 21.3 Å². The molecule has 118 valence electrons. The predicted molar refractivity (Wildman–Crippen MR) is 90.7 cm³/mol. The molecule has 1 aliphatic rings. The van der Waals surface area contributed by atoms with E-state index in [0.717, 1.165) is 16.0 Å². The van der Waals surface area contributed by atoms with Gasteiger partial charge >= 0.3 is 0 Å². The van der Waals surface area contributed by atoms with E-state index >= 15 is 0 Å². The maximum Gasteiger partial charge on any atom is 0.203 e. The molecule has 0 N–H and O–H groups in total. The van der Waals surface area contributed by atoms with Gasteiger partial charge in [0.2, 0.25) is 11.5 Å². The molecule has 0 spiro atoms. The number of rotatable bonds is 4. The lowest BCUT2D eigenvalue weighted by Crippen LogP contribution is -1.97. The Morgan fingerprint density at radius 1 is 0.957 bits per heavy atom. The molecule has 2 aromatic carbocycles. The van der Waals surface area contributed by atoms with E-state index in [0.29, 0.717) is 22.2 Å². The average Bonchev–Trinajstić information content (AvgIpc) is 2.90. The summed E-state index contributed by atoms with van der Waals surface area (Å²) in [4.78, 5) is 14.1. The maximum atomic E-state index is 12.5. The summed E-state index contributed by atoms with van der Waals surface area (Å²) in [6.45, 7) is 0. The maximum absolute atomic E-state index is 12.5. The van der Waals surface area contributed by atoms with Crippen LogP contribution in [0.15, 0.2) is 46.2 Å². The number of fused-ring (bicyclic) bond motifs is 1. The highest BCUT2D eigenvalue weighted by atomic mass is 32.2. The van der Waals surface area contributed by atoms with Crippen LogP contribution in [0.5, 0.6) is 17.2 Å². The second-order valence-corrected chi connectivity index (χ2v) is 5.98. The number of hydrogen-bond donors (Lipinski definition) is 0. The smallest absolute Gasteiger partial charge is 0.203 e. The van der Waals surface area contributed by atoms with E-state index in [4.69, 9.17) is 14.2 Å². The highest BCUT2D eigenvalue weighted by molar-refractivity contribution is 8.04. The number of allylic oxidation sites excluding steroid dienone is 1. The standard InChI is InChI=1S/C18H16O4S/c1-20-13-8-11(9-14(21-2)18(13)22-3)10-16-17(19)12-6-4-5-7-15(12)23-16/h4-10H,1-3H3/b16-10+. The Labute approximate surface area is 139 Å². The highest BCUT2D eigenvalue weighted by Gasteiger charge is 2.25. The van der Waals surface area contributed by atoms with Gasteiger partial charge in [-0.05, 0) is 35.9 Å². The molecule has 23 heavy (non-hydrogen) atoms. The number of ether oxygens (including phenoxy) is 3. The van der Waals surface area contributed by atoms with Crippen molar-refractivity contribution in [2.24, 2.45) is 0 Å². The zero-order valence-corrected chi connectivity index (χ0v) is 13.9. The van der Waals surface area contributed by atoms with Crippen LogP contribution >= 0.6 is 11.8 Å². The number of carbonyl (C=O) groups excluding carboxylic acids is 1. The number of Topliss-reactive ketones (excluding diaryl/α,β-unsaturated/α-hetero) is 1. The van der Waals surface area contributed by atoms with Gasteiger partial charge in [0.25, 0.3) is 0 Å². The largest absolute Gasteiger partial charge is 0.493 e. The van der Waals surface area contributed by atoms with Gasteiger partial charge in [0.15, 0.2) is 11.5 Å². The van der Waals surface area contributed by atoms with E-state index < -0.39 is 0 Å². The number of methoxy groups -OCH3 is 3. The molecule has 0 radical (unpaired) electrons. The van der Waals surface area contributed by atoms with Crippen LogP contribution in [0, 0.1) is 0 Å². The van der Waals surface area contributed by atoms with E-state index in [1.807, 2.05) is 42.5 Å². The molecule has 0 saturated heterocycles. The second-order valence-electron chi connectivity index (χ2n) is 4.89. The normalized spacial score (nSPS) is 14.7. The first-order chi connectivity index (χ1) is 11.2. The Hall–Kier alpha value is -2.40. The molecule has 0 amide bonds. The number of carbonyl (C=O) groups is 1. The van der Waals surface area contributed by atoms with Gasteiger partial charge in [-0.25, -0.2) is 0 Å². The van der Waals surface area contributed by atoms with Gasteiger partial charge in [0, 0.05) is 10.5 Å². The molecule has 4 nitrogen and oxygen atoms in total. The van der Waals surface area contributed by atoms with Gasteiger partial charge in [0.1, 0.15) is 0 Å². The van der Waals surface area contributed by atoms with Crippen molar-refractivity contribution in [3.05, 3.63) is 52.4 Å². The van der Waals surface area contributed by atoms with Crippen molar-refractivity contribution in [2.45, 2.75) is 4.90 Å². The molecule has 0 aromatic heterocycles. The molecule has 0 unspecified atom stereocenters. The summed E-state index contributed by atoms with van der Waals surface area (Å²) in [7, 11) is 4.70. The third-order valence-corrected chi connectivity index (χ3v) is 4.66. The topological polar surface area (TPSA) is 44.8 Å². The first kappa shape index (κ1) is 15.5. The van der Waals surface area contributed by atoms with Crippen LogP contribution in [0.2, 0.25) is 0 Å². The van der Waals surface area contributed by atoms with Crippen LogP contribution < -0.4 is 14.2 Å². The minimum absolute atomic E-state index is 0.0411. The first-order valence-electron chi connectivity index (χ1n) is 7.01. The molecule has 0 bridgehead atoms. The SMILES string of the molecule is COc1cc(/C=C2/Sc3ccccc3C2=O)cc(OC)c1OC. The molecule has 1 heterocycles. The van der Waals surface area contributed by atoms with Gasteiger partial charge in [-0.1, -0.05) is 23.9 Å². The molecule has 0 fully saturated rings. The Morgan fingerprint density at radius 2 is 1.61 bits per heavy atom. The minimum Gasteiger partial charge on any atom is -0.493 e. The van der Waals surface area contributed by atoms with Crippen molar-refractivity contribution in [1.29, 1.82) is 0 Å². The molecular weight excluding hydrogens is 312 g/mol. The summed E-state index contributed by atoms with van der Waals surface area (Å²) >= 11 is 1.47. The summed E-state index contributed by atoms with van der Waals surface area (Å²) in [5.41, 5.74) is 1.57. The van der Waals surface area contributed by atoms with Gasteiger partial charge in [-0.15, -0.1) is 0 Å². The van der Waals surface area contributed by atoms with Crippen LogP contribution in [0.25, 0.3) is 6.08 Å². The quantitative estimate of drug-likeness (QED) is 0.793. The van der Waals surface area contributed by atoms with E-state index in [1.165, 1.54) is 11.8 Å². The Kier molecular flexibility index (Phi) is 4.30. The second kappa shape index (κ2) is 6.38. The summed E-state index contributed by atoms with van der Waals surface area (Å²) < 4.78 is 16.0. The van der Waals surface area contributed by atoms with E-state index in [1.54, 1.807) is 21.3 Å². The average molecular weight is 328 g/mol. The Balaban J connectivity index is 2.02. The molecule has 0 atom stereocenters. The fraction of sp³-hybridized carbons (Fsp3) is 0.167. The molecule has 0 saturated carbocycles. The van der Waals surface area contributed by atoms with Crippen molar-refractivity contribution < 1.29 is 19.0 Å². The fourth-order valence-electron chi connectivity index (χ4n) is 2.47.